The Labute approximate surface area is 157 Å². The number of morpholine rings is 1. The van der Waals surface area contributed by atoms with Crippen molar-refractivity contribution in [2.75, 3.05) is 36.5 Å². The van der Waals surface area contributed by atoms with Crippen LogP contribution in [0.1, 0.15) is 0 Å². The molecule has 0 radical (unpaired) electrons. The van der Waals surface area contributed by atoms with E-state index in [0.717, 1.165) is 16.1 Å². The topological polar surface area (TPSA) is 71.8 Å². The molecule has 1 fully saturated rings. The predicted molar refractivity (Wildman–Crippen MR) is 106 cm³/mol. The number of hydrogen-bond acceptors (Lipinski definition) is 7. The smallest absolute Gasteiger partial charge is 0.248 e. The zero-order valence-corrected chi connectivity index (χ0v) is 15.5. The van der Waals surface area contributed by atoms with Crippen LogP contribution in [0.3, 0.4) is 0 Å². The molecular formula is C18H16N2O4S2. The molecule has 1 amide bonds. The third-order valence-corrected chi connectivity index (χ3v) is 5.92. The molecule has 1 saturated heterocycles. The first-order valence-electron chi connectivity index (χ1n) is 8.06. The summed E-state index contributed by atoms with van der Waals surface area (Å²) >= 11 is 2.78. The molecule has 1 N–H and O–H groups in total. The normalized spacial score (nSPS) is 14.5. The van der Waals surface area contributed by atoms with E-state index in [9.17, 15) is 9.59 Å². The van der Waals surface area contributed by atoms with E-state index in [1.54, 1.807) is 6.07 Å². The number of rotatable bonds is 4. The van der Waals surface area contributed by atoms with Gasteiger partial charge in [-0.05, 0) is 17.7 Å². The van der Waals surface area contributed by atoms with Crippen LogP contribution in [0.5, 0.6) is 0 Å². The van der Waals surface area contributed by atoms with Crippen LogP contribution in [0.4, 0.5) is 10.9 Å². The largest absolute Gasteiger partial charge is 0.439 e. The number of ether oxygens (including phenoxy) is 1. The first-order chi connectivity index (χ1) is 12.7. The number of thiophene rings is 2. The summed E-state index contributed by atoms with van der Waals surface area (Å²) in [7, 11) is 0. The molecule has 0 aliphatic carbocycles. The maximum Gasteiger partial charge on any atom is 0.248 e. The van der Waals surface area contributed by atoms with Crippen LogP contribution in [0.25, 0.3) is 21.4 Å². The third kappa shape index (κ3) is 3.18. The fourth-order valence-electron chi connectivity index (χ4n) is 2.78. The summed E-state index contributed by atoms with van der Waals surface area (Å²) in [6.45, 7) is 6.09. The highest BCUT2D eigenvalue weighted by Gasteiger charge is 2.19. The van der Waals surface area contributed by atoms with Crippen LogP contribution in [-0.2, 0) is 9.53 Å². The highest BCUT2D eigenvalue weighted by Crippen LogP contribution is 2.37. The SMILES string of the molecule is C=CC(=O)Nc1cc(-c2csc3c(=O)cc(N4CCOCC4)oc23)cs1. The summed E-state index contributed by atoms with van der Waals surface area (Å²) in [4.78, 5) is 26.0. The second kappa shape index (κ2) is 7.06. The van der Waals surface area contributed by atoms with Gasteiger partial charge in [-0.2, -0.15) is 0 Å². The van der Waals surface area contributed by atoms with E-state index in [1.165, 1.54) is 28.7 Å². The lowest BCUT2D eigenvalue weighted by Gasteiger charge is -2.27. The van der Waals surface area contributed by atoms with Gasteiger partial charge in [0.25, 0.3) is 0 Å². The zero-order chi connectivity index (χ0) is 18.1. The molecule has 0 aromatic carbocycles. The van der Waals surface area contributed by atoms with E-state index in [4.69, 9.17) is 9.15 Å². The van der Waals surface area contributed by atoms with Crippen molar-refractivity contribution >= 4 is 49.7 Å². The highest BCUT2D eigenvalue weighted by atomic mass is 32.1. The minimum Gasteiger partial charge on any atom is -0.439 e. The second-order valence-corrected chi connectivity index (χ2v) is 7.54. The van der Waals surface area contributed by atoms with E-state index in [0.29, 0.717) is 42.5 Å². The highest BCUT2D eigenvalue weighted by molar-refractivity contribution is 7.17. The van der Waals surface area contributed by atoms with Crippen LogP contribution in [0.2, 0.25) is 0 Å². The molecular weight excluding hydrogens is 372 g/mol. The standard InChI is InChI=1S/C18H16N2O4S2/c1-2-14(22)19-15-7-11(9-25-15)12-10-26-18-13(21)8-16(24-17(12)18)20-3-5-23-6-4-20/h2,7-10H,1,3-6H2,(H,19,22). The van der Waals surface area contributed by atoms with Crippen molar-refractivity contribution in [1.29, 1.82) is 0 Å². The van der Waals surface area contributed by atoms with Crippen LogP contribution < -0.4 is 15.6 Å². The minimum atomic E-state index is -0.255. The number of carbonyl (C=O) groups is 1. The molecule has 1 aliphatic rings. The first kappa shape index (κ1) is 17.0. The zero-order valence-electron chi connectivity index (χ0n) is 13.8. The van der Waals surface area contributed by atoms with Crippen LogP contribution in [0.15, 0.2) is 44.8 Å². The van der Waals surface area contributed by atoms with Gasteiger partial charge in [0.15, 0.2) is 11.5 Å². The predicted octanol–water partition coefficient (Wildman–Crippen LogP) is 3.54. The Morgan fingerprint density at radius 3 is 2.81 bits per heavy atom. The summed E-state index contributed by atoms with van der Waals surface area (Å²) in [5.41, 5.74) is 2.30. The first-order valence-corrected chi connectivity index (χ1v) is 9.82. The molecule has 4 heterocycles. The van der Waals surface area contributed by atoms with Crippen LogP contribution >= 0.6 is 22.7 Å². The summed E-state index contributed by atoms with van der Waals surface area (Å²) in [5, 5.41) is 7.31. The van der Waals surface area contributed by atoms with Gasteiger partial charge in [-0.1, -0.05) is 6.58 Å². The Morgan fingerprint density at radius 1 is 1.23 bits per heavy atom. The van der Waals surface area contributed by atoms with E-state index < -0.39 is 0 Å². The van der Waals surface area contributed by atoms with Gasteiger partial charge in [0, 0.05) is 35.5 Å². The molecule has 0 atom stereocenters. The van der Waals surface area contributed by atoms with E-state index in [1.807, 2.05) is 21.7 Å². The van der Waals surface area contributed by atoms with Crippen molar-refractivity contribution in [1.82, 2.24) is 0 Å². The number of carbonyl (C=O) groups excluding carboxylic acids is 1. The number of nitrogens with zero attached hydrogens (tertiary/aromatic N) is 1. The molecule has 0 unspecified atom stereocenters. The lowest BCUT2D eigenvalue weighted by atomic mass is 10.1. The Kier molecular flexibility index (Phi) is 4.62. The number of nitrogens with one attached hydrogen (secondary N) is 1. The van der Waals surface area contributed by atoms with Gasteiger partial charge in [0.2, 0.25) is 11.3 Å². The number of amides is 1. The van der Waals surface area contributed by atoms with Gasteiger partial charge < -0.3 is 19.4 Å². The van der Waals surface area contributed by atoms with Gasteiger partial charge in [-0.15, -0.1) is 22.7 Å². The molecule has 4 rings (SSSR count). The van der Waals surface area contributed by atoms with Crippen molar-refractivity contribution < 1.29 is 13.9 Å². The summed E-state index contributed by atoms with van der Waals surface area (Å²) in [5.74, 6) is 0.315. The lowest BCUT2D eigenvalue weighted by molar-refractivity contribution is -0.111. The number of hydrogen-bond donors (Lipinski definition) is 1. The summed E-state index contributed by atoms with van der Waals surface area (Å²) in [6.07, 6.45) is 1.23. The van der Waals surface area contributed by atoms with Crippen molar-refractivity contribution in [3.63, 3.8) is 0 Å². The maximum absolute atomic E-state index is 12.5. The second-order valence-electron chi connectivity index (χ2n) is 5.75. The fourth-order valence-corrected chi connectivity index (χ4v) is 4.50. The Balaban J connectivity index is 1.73. The average Bonchev–Trinajstić information content (AvgIpc) is 3.29. The molecule has 0 saturated carbocycles. The van der Waals surface area contributed by atoms with E-state index >= 15 is 0 Å². The number of anilines is 2. The molecule has 3 aromatic heterocycles. The van der Waals surface area contributed by atoms with Crippen LogP contribution in [0, 0.1) is 0 Å². The fraction of sp³-hybridized carbons (Fsp3) is 0.222. The summed E-state index contributed by atoms with van der Waals surface area (Å²) < 4.78 is 12.1. The quantitative estimate of drug-likeness (QED) is 0.692. The molecule has 0 bridgehead atoms. The Hall–Kier alpha value is -2.42. The van der Waals surface area contributed by atoms with Gasteiger partial charge in [-0.3, -0.25) is 9.59 Å². The lowest BCUT2D eigenvalue weighted by Crippen LogP contribution is -2.36. The van der Waals surface area contributed by atoms with Gasteiger partial charge >= 0.3 is 0 Å². The molecule has 6 nitrogen and oxygen atoms in total. The average molecular weight is 388 g/mol. The summed E-state index contributed by atoms with van der Waals surface area (Å²) in [6, 6.07) is 3.42. The molecule has 1 aliphatic heterocycles. The Morgan fingerprint density at radius 2 is 2.04 bits per heavy atom. The van der Waals surface area contributed by atoms with Crippen LogP contribution in [-0.4, -0.2) is 32.2 Å². The van der Waals surface area contributed by atoms with E-state index in [2.05, 4.69) is 11.9 Å². The van der Waals surface area contributed by atoms with Crippen molar-refractivity contribution in [2.45, 2.75) is 0 Å². The third-order valence-electron chi connectivity index (χ3n) is 4.10. The number of fused-ring (bicyclic) bond motifs is 1. The Bertz CT molecular complexity index is 1030. The van der Waals surface area contributed by atoms with Gasteiger partial charge in [-0.25, -0.2) is 0 Å². The van der Waals surface area contributed by atoms with Gasteiger partial charge in [0.05, 0.1) is 18.2 Å². The molecule has 0 spiro atoms. The molecule has 26 heavy (non-hydrogen) atoms. The monoisotopic (exact) mass is 388 g/mol. The maximum atomic E-state index is 12.5. The minimum absolute atomic E-state index is 0.0422. The molecule has 8 heteroatoms. The van der Waals surface area contributed by atoms with Crippen molar-refractivity contribution in [2.24, 2.45) is 0 Å². The van der Waals surface area contributed by atoms with E-state index in [-0.39, 0.29) is 11.3 Å². The van der Waals surface area contributed by atoms with Crippen molar-refractivity contribution in [3.05, 3.63) is 45.8 Å². The van der Waals surface area contributed by atoms with Crippen molar-refractivity contribution in [3.8, 4) is 11.1 Å². The van der Waals surface area contributed by atoms with Gasteiger partial charge in [0.1, 0.15) is 4.70 Å². The molecule has 3 aromatic rings. The molecule has 134 valence electrons.